The summed E-state index contributed by atoms with van der Waals surface area (Å²) in [6.07, 6.45) is 5.63. The standard InChI is InChI=1S/C12H18N2/c1-9(8-13)11-6-2-4-10-5-3-7-14-12(10)11/h3,5,7,9,11H,2,4,6,8,13H2,1H3. The number of nitrogens with two attached hydrogens (primary N) is 1. The zero-order valence-electron chi connectivity index (χ0n) is 8.74. The average Bonchev–Trinajstić information content (AvgIpc) is 2.27. The molecule has 0 bridgehead atoms. The molecule has 1 aromatic heterocycles. The highest BCUT2D eigenvalue weighted by atomic mass is 14.7. The molecule has 1 heterocycles. The molecule has 0 fully saturated rings. The number of pyridine rings is 1. The summed E-state index contributed by atoms with van der Waals surface area (Å²) in [6.45, 7) is 3.00. The van der Waals surface area contributed by atoms with Crippen molar-refractivity contribution < 1.29 is 0 Å². The molecule has 2 atom stereocenters. The van der Waals surface area contributed by atoms with Gasteiger partial charge in [-0.3, -0.25) is 4.98 Å². The Morgan fingerprint density at radius 3 is 3.29 bits per heavy atom. The van der Waals surface area contributed by atoms with E-state index in [4.69, 9.17) is 5.73 Å². The molecule has 0 spiro atoms. The summed E-state index contributed by atoms with van der Waals surface area (Å²) in [7, 11) is 0. The van der Waals surface area contributed by atoms with Gasteiger partial charge < -0.3 is 5.73 Å². The summed E-state index contributed by atoms with van der Waals surface area (Å²) in [5.41, 5.74) is 8.47. The molecule has 0 saturated carbocycles. The number of hydrogen-bond donors (Lipinski definition) is 1. The Bertz CT molecular complexity index is 309. The van der Waals surface area contributed by atoms with E-state index in [1.807, 2.05) is 12.3 Å². The summed E-state index contributed by atoms with van der Waals surface area (Å²) in [5, 5.41) is 0. The SMILES string of the molecule is CC(CN)C1CCCc2cccnc21. The fourth-order valence-corrected chi connectivity index (χ4v) is 2.36. The van der Waals surface area contributed by atoms with Gasteiger partial charge in [0.1, 0.15) is 0 Å². The molecule has 2 heteroatoms. The minimum absolute atomic E-state index is 0.559. The van der Waals surface area contributed by atoms with E-state index in [0.717, 1.165) is 6.54 Å². The monoisotopic (exact) mass is 190 g/mol. The van der Waals surface area contributed by atoms with Crippen molar-refractivity contribution in [2.45, 2.75) is 32.1 Å². The molecule has 0 aromatic carbocycles. The smallest absolute Gasteiger partial charge is 0.0469 e. The molecular weight excluding hydrogens is 172 g/mol. The molecule has 2 nitrogen and oxygen atoms in total. The highest BCUT2D eigenvalue weighted by Crippen LogP contribution is 2.34. The molecule has 1 aliphatic rings. The second-order valence-electron chi connectivity index (χ2n) is 4.26. The quantitative estimate of drug-likeness (QED) is 0.775. The first kappa shape index (κ1) is 9.66. The zero-order chi connectivity index (χ0) is 9.97. The summed E-state index contributed by atoms with van der Waals surface area (Å²) in [4.78, 5) is 4.51. The third kappa shape index (κ3) is 1.67. The van der Waals surface area contributed by atoms with Crippen LogP contribution in [0.15, 0.2) is 18.3 Å². The molecule has 2 unspecified atom stereocenters. The van der Waals surface area contributed by atoms with Gasteiger partial charge in [0.2, 0.25) is 0 Å². The molecule has 0 saturated heterocycles. The number of aromatic nitrogens is 1. The van der Waals surface area contributed by atoms with Gasteiger partial charge in [-0.15, -0.1) is 0 Å². The van der Waals surface area contributed by atoms with Gasteiger partial charge in [-0.1, -0.05) is 13.0 Å². The van der Waals surface area contributed by atoms with Crippen molar-refractivity contribution in [1.29, 1.82) is 0 Å². The molecule has 76 valence electrons. The maximum absolute atomic E-state index is 5.73. The maximum Gasteiger partial charge on any atom is 0.0469 e. The predicted molar refractivity (Wildman–Crippen MR) is 58.1 cm³/mol. The van der Waals surface area contributed by atoms with Crippen molar-refractivity contribution in [3.05, 3.63) is 29.6 Å². The van der Waals surface area contributed by atoms with Crippen molar-refractivity contribution in [3.63, 3.8) is 0 Å². The molecule has 2 rings (SSSR count). The maximum atomic E-state index is 5.73. The lowest BCUT2D eigenvalue weighted by Gasteiger charge is -2.28. The van der Waals surface area contributed by atoms with E-state index in [1.165, 1.54) is 30.5 Å². The van der Waals surface area contributed by atoms with E-state index >= 15 is 0 Å². The van der Waals surface area contributed by atoms with Gasteiger partial charge in [0, 0.05) is 17.8 Å². The van der Waals surface area contributed by atoms with Gasteiger partial charge in [0.05, 0.1) is 0 Å². The van der Waals surface area contributed by atoms with E-state index in [9.17, 15) is 0 Å². The van der Waals surface area contributed by atoms with E-state index in [0.29, 0.717) is 11.8 Å². The van der Waals surface area contributed by atoms with Crippen LogP contribution in [0.5, 0.6) is 0 Å². The Hall–Kier alpha value is -0.890. The molecule has 0 radical (unpaired) electrons. The van der Waals surface area contributed by atoms with Crippen LogP contribution in [0.3, 0.4) is 0 Å². The van der Waals surface area contributed by atoms with Crippen molar-refractivity contribution in [2.24, 2.45) is 11.7 Å². The van der Waals surface area contributed by atoms with Crippen LogP contribution in [-0.2, 0) is 6.42 Å². The molecule has 1 aromatic rings. The topological polar surface area (TPSA) is 38.9 Å². The summed E-state index contributed by atoms with van der Waals surface area (Å²) in [6, 6.07) is 4.24. The lowest BCUT2D eigenvalue weighted by atomic mass is 9.79. The van der Waals surface area contributed by atoms with Crippen LogP contribution >= 0.6 is 0 Å². The first-order valence-corrected chi connectivity index (χ1v) is 5.46. The fourth-order valence-electron chi connectivity index (χ4n) is 2.36. The second-order valence-corrected chi connectivity index (χ2v) is 4.26. The second kappa shape index (κ2) is 4.09. The Labute approximate surface area is 85.5 Å². The lowest BCUT2D eigenvalue weighted by Crippen LogP contribution is -2.23. The highest BCUT2D eigenvalue weighted by Gasteiger charge is 2.25. The Balaban J connectivity index is 2.30. The van der Waals surface area contributed by atoms with E-state index in [2.05, 4.69) is 18.0 Å². The molecule has 0 aliphatic heterocycles. The number of hydrogen-bond acceptors (Lipinski definition) is 2. The number of aryl methyl sites for hydroxylation is 1. The predicted octanol–water partition coefficient (Wildman–Crippen LogP) is 2.10. The van der Waals surface area contributed by atoms with Crippen LogP contribution in [0.4, 0.5) is 0 Å². The summed E-state index contributed by atoms with van der Waals surface area (Å²) < 4.78 is 0. The van der Waals surface area contributed by atoms with Gasteiger partial charge >= 0.3 is 0 Å². The van der Waals surface area contributed by atoms with Crippen LogP contribution in [-0.4, -0.2) is 11.5 Å². The molecular formula is C12H18N2. The highest BCUT2D eigenvalue weighted by molar-refractivity contribution is 5.26. The van der Waals surface area contributed by atoms with Crippen LogP contribution in [0, 0.1) is 5.92 Å². The molecule has 1 aliphatic carbocycles. The number of nitrogens with zero attached hydrogens (tertiary/aromatic N) is 1. The minimum Gasteiger partial charge on any atom is -0.330 e. The van der Waals surface area contributed by atoms with Crippen molar-refractivity contribution >= 4 is 0 Å². The third-order valence-corrected chi connectivity index (χ3v) is 3.30. The Kier molecular flexibility index (Phi) is 2.82. The third-order valence-electron chi connectivity index (χ3n) is 3.30. The summed E-state index contributed by atoms with van der Waals surface area (Å²) >= 11 is 0. The Morgan fingerprint density at radius 2 is 2.50 bits per heavy atom. The van der Waals surface area contributed by atoms with Crippen LogP contribution < -0.4 is 5.73 Å². The van der Waals surface area contributed by atoms with Crippen molar-refractivity contribution in [1.82, 2.24) is 4.98 Å². The first-order valence-electron chi connectivity index (χ1n) is 5.46. The van der Waals surface area contributed by atoms with Crippen molar-refractivity contribution in [2.75, 3.05) is 6.54 Å². The van der Waals surface area contributed by atoms with Crippen molar-refractivity contribution in [3.8, 4) is 0 Å². The number of rotatable bonds is 2. The van der Waals surface area contributed by atoms with Gasteiger partial charge in [-0.25, -0.2) is 0 Å². The number of fused-ring (bicyclic) bond motifs is 1. The van der Waals surface area contributed by atoms with E-state index < -0.39 is 0 Å². The largest absolute Gasteiger partial charge is 0.330 e. The van der Waals surface area contributed by atoms with Gasteiger partial charge in [-0.05, 0) is 43.4 Å². The molecule has 0 amide bonds. The summed E-state index contributed by atoms with van der Waals surface area (Å²) in [5.74, 6) is 1.15. The Morgan fingerprint density at radius 1 is 1.64 bits per heavy atom. The molecule has 14 heavy (non-hydrogen) atoms. The molecule has 2 N–H and O–H groups in total. The normalized spacial score (nSPS) is 22.9. The minimum atomic E-state index is 0.559. The van der Waals surface area contributed by atoms with Gasteiger partial charge in [-0.2, -0.15) is 0 Å². The van der Waals surface area contributed by atoms with E-state index in [-0.39, 0.29) is 0 Å². The van der Waals surface area contributed by atoms with Crippen LogP contribution in [0.1, 0.15) is 36.9 Å². The van der Waals surface area contributed by atoms with Gasteiger partial charge in [0.25, 0.3) is 0 Å². The lowest BCUT2D eigenvalue weighted by molar-refractivity contribution is 0.404. The van der Waals surface area contributed by atoms with Crippen LogP contribution in [0.25, 0.3) is 0 Å². The fraction of sp³-hybridized carbons (Fsp3) is 0.583. The van der Waals surface area contributed by atoms with Gasteiger partial charge in [0.15, 0.2) is 0 Å². The van der Waals surface area contributed by atoms with E-state index in [1.54, 1.807) is 0 Å². The average molecular weight is 190 g/mol. The first-order chi connectivity index (χ1) is 6.83. The van der Waals surface area contributed by atoms with Crippen LogP contribution in [0.2, 0.25) is 0 Å². The zero-order valence-corrected chi connectivity index (χ0v) is 8.74.